The highest BCUT2D eigenvalue weighted by molar-refractivity contribution is 7.95. The van der Waals surface area contributed by atoms with Crippen LogP contribution in [0.1, 0.15) is 37.0 Å². The molecule has 0 bridgehead atoms. The second kappa shape index (κ2) is 11.6. The number of amides is 3. The molecule has 2 saturated heterocycles. The summed E-state index contributed by atoms with van der Waals surface area (Å²) in [5.41, 5.74) is 1.46. The summed E-state index contributed by atoms with van der Waals surface area (Å²) >= 11 is 0. The van der Waals surface area contributed by atoms with Gasteiger partial charge in [0.25, 0.3) is 5.56 Å². The minimum Gasteiger partial charge on any atom is -0.593 e. The predicted octanol–water partition coefficient (Wildman–Crippen LogP) is 1.38. The van der Waals surface area contributed by atoms with Gasteiger partial charge >= 0.3 is 0 Å². The second-order valence-electron chi connectivity index (χ2n) is 10.8. The molecule has 2 aliphatic rings. The molecular weight excluding hydrogens is 590 g/mol. The highest BCUT2D eigenvalue weighted by atomic mass is 32.3. The maximum absolute atomic E-state index is 13.4. The number of aryl methyl sites for hydroxylation is 3. The summed E-state index contributed by atoms with van der Waals surface area (Å²) in [7, 11) is -1.87. The van der Waals surface area contributed by atoms with Crippen molar-refractivity contribution in [3.8, 4) is 0 Å². The number of rotatable bonds is 7. The smallest absolute Gasteiger partial charge is 0.262 e. The average molecular weight is 622 g/mol. The largest absolute Gasteiger partial charge is 0.593 e. The Balaban J connectivity index is 1.19. The first-order valence-electron chi connectivity index (χ1n) is 14.2. The van der Waals surface area contributed by atoms with Crippen LogP contribution in [0.2, 0.25) is 0 Å². The summed E-state index contributed by atoms with van der Waals surface area (Å²) in [6.07, 6.45) is 0.666. The molecule has 44 heavy (non-hydrogen) atoms. The fraction of sp³-hybridized carbons (Fsp3) is 0.379. The fourth-order valence-electron chi connectivity index (χ4n) is 5.71. The number of para-hydroxylation sites is 1. The van der Waals surface area contributed by atoms with Crippen LogP contribution in [0, 0.1) is 6.92 Å². The number of imidazole rings is 1. The van der Waals surface area contributed by atoms with Gasteiger partial charge < -0.3 is 19.2 Å². The summed E-state index contributed by atoms with van der Waals surface area (Å²) in [5, 5.41) is 5.34. The molecule has 2 N–H and O–H groups in total. The van der Waals surface area contributed by atoms with Gasteiger partial charge in [-0.25, -0.2) is 9.97 Å². The monoisotopic (exact) mass is 621 g/mol. The lowest BCUT2D eigenvalue weighted by Gasteiger charge is -2.29. The van der Waals surface area contributed by atoms with Gasteiger partial charge in [0.1, 0.15) is 23.2 Å². The van der Waals surface area contributed by atoms with Crippen LogP contribution < -0.4 is 16.2 Å². The average Bonchev–Trinajstić information content (AvgIpc) is 3.32. The summed E-state index contributed by atoms with van der Waals surface area (Å²) in [6.45, 7) is 2.90. The van der Waals surface area contributed by atoms with E-state index >= 15 is 0 Å². The number of carbonyl (C=O) groups excluding carboxylic acids is 3. The molecule has 2 atom stereocenters. The van der Waals surface area contributed by atoms with Crippen LogP contribution in [0.15, 0.2) is 46.1 Å². The minimum absolute atomic E-state index is 0.0683. The number of imide groups is 1. The van der Waals surface area contributed by atoms with Crippen LogP contribution in [-0.2, 0) is 47.2 Å². The topological polar surface area (TPSA) is 181 Å². The van der Waals surface area contributed by atoms with Gasteiger partial charge in [-0.15, -0.1) is 4.31 Å². The molecule has 3 amide bonds. The number of nitrogens with one attached hydrogen (secondary N) is 2. The van der Waals surface area contributed by atoms with E-state index in [1.807, 2.05) is 11.6 Å². The molecule has 0 aliphatic carbocycles. The zero-order valence-corrected chi connectivity index (χ0v) is 25.0. The van der Waals surface area contributed by atoms with Crippen molar-refractivity contribution in [2.24, 2.45) is 7.05 Å². The Morgan fingerprint density at radius 2 is 1.93 bits per heavy atom. The molecule has 2 aromatic heterocycles. The van der Waals surface area contributed by atoms with E-state index in [0.29, 0.717) is 48.8 Å². The molecule has 14 nitrogen and oxygen atoms in total. The molecule has 0 radical (unpaired) electrons. The number of piperidine rings is 1. The van der Waals surface area contributed by atoms with Crippen molar-refractivity contribution in [1.29, 1.82) is 0 Å². The second-order valence-corrected chi connectivity index (χ2v) is 12.7. The number of anilines is 1. The summed E-state index contributed by atoms with van der Waals surface area (Å²) in [4.78, 5) is 59.8. The molecule has 0 spiro atoms. The van der Waals surface area contributed by atoms with Crippen LogP contribution in [-0.4, -0.2) is 72.0 Å². The number of sulfonamides is 1. The summed E-state index contributed by atoms with van der Waals surface area (Å²) in [5.74, 6) is -0.359. The van der Waals surface area contributed by atoms with Crippen LogP contribution in [0.25, 0.3) is 21.9 Å². The Morgan fingerprint density at radius 1 is 1.16 bits per heavy atom. The number of benzene rings is 2. The highest BCUT2D eigenvalue weighted by Crippen LogP contribution is 2.27. The van der Waals surface area contributed by atoms with Gasteiger partial charge in [-0.1, -0.05) is 10.3 Å². The van der Waals surface area contributed by atoms with Gasteiger partial charge in [0.15, 0.2) is 15.3 Å². The van der Waals surface area contributed by atoms with Gasteiger partial charge in [-0.3, -0.25) is 29.1 Å². The Morgan fingerprint density at radius 3 is 2.68 bits per heavy atom. The van der Waals surface area contributed by atoms with Gasteiger partial charge in [0, 0.05) is 32.4 Å². The van der Waals surface area contributed by atoms with Crippen LogP contribution >= 0.6 is 0 Å². The number of hydrogen-bond acceptors (Lipinski definition) is 9. The molecule has 230 valence electrons. The number of hydrogen-bond donors (Lipinski definition) is 2. The lowest BCUT2D eigenvalue weighted by atomic mass is 10.1. The Bertz CT molecular complexity index is 1930. The molecule has 2 aromatic carbocycles. The van der Waals surface area contributed by atoms with E-state index in [4.69, 9.17) is 4.74 Å². The lowest BCUT2D eigenvalue weighted by molar-refractivity contribution is -0.135. The maximum Gasteiger partial charge on any atom is 0.262 e. The highest BCUT2D eigenvalue weighted by Gasteiger charge is 2.33. The zero-order valence-electron chi connectivity index (χ0n) is 24.2. The van der Waals surface area contributed by atoms with Gasteiger partial charge in [0.2, 0.25) is 17.7 Å². The van der Waals surface area contributed by atoms with Crippen LogP contribution in [0.5, 0.6) is 0 Å². The summed E-state index contributed by atoms with van der Waals surface area (Å²) < 4.78 is 36.0. The van der Waals surface area contributed by atoms with E-state index in [0.717, 1.165) is 5.52 Å². The number of carbonyl (C=O) groups is 3. The third-order valence-electron chi connectivity index (χ3n) is 8.03. The third-order valence-corrected chi connectivity index (χ3v) is 9.93. The predicted molar refractivity (Wildman–Crippen MR) is 159 cm³/mol. The molecule has 2 fully saturated rings. The van der Waals surface area contributed by atoms with E-state index in [1.54, 1.807) is 43.3 Å². The lowest BCUT2D eigenvalue weighted by Crippen LogP contribution is -2.45. The van der Waals surface area contributed by atoms with Gasteiger partial charge in [0.05, 0.1) is 48.4 Å². The van der Waals surface area contributed by atoms with Crippen molar-refractivity contribution in [2.45, 2.75) is 43.5 Å². The van der Waals surface area contributed by atoms with Crippen molar-refractivity contribution in [2.75, 3.05) is 31.6 Å². The number of nitrogens with zero attached hydrogens (tertiary/aromatic N) is 5. The fourth-order valence-corrected chi connectivity index (χ4v) is 7.14. The number of fused-ring (bicyclic) bond motifs is 2. The SMILES string of the molecule is Cc1nc2c(NC(=O)CCc3nc4cc([S+](=O)([O-])N5CCOCC5)ccc4n3C)cccc2c(=O)n1C1CCC(=O)NC1=O. The van der Waals surface area contributed by atoms with E-state index in [1.165, 1.54) is 8.87 Å². The van der Waals surface area contributed by atoms with Gasteiger partial charge in [-0.05, 0) is 37.6 Å². The normalized spacial score (nSPS) is 19.2. The van der Waals surface area contributed by atoms with Gasteiger partial charge in [-0.2, -0.15) is 0 Å². The standard InChI is InChI=1S/C29H31N7O7S/c1-17-30-27-19(29(40)36(17)23-8-10-26(38)33-28(23)39)4-3-5-20(27)32-25(37)11-9-24-31-21-16-18(6-7-22(21)34(24)2)44(41,42)35-12-14-43-15-13-35/h3-7,16,23H,8-15H2,1-2H3,(H2-,32,33,37,38,39,41,42). The molecule has 2 unspecified atom stereocenters. The Labute approximate surface area is 252 Å². The van der Waals surface area contributed by atoms with Crippen LogP contribution in [0.4, 0.5) is 5.69 Å². The third kappa shape index (κ3) is 5.43. The molecule has 6 rings (SSSR count). The molecular formula is C29H31N7O7S. The maximum atomic E-state index is 13.4. The zero-order chi connectivity index (χ0) is 31.2. The molecule has 0 saturated carbocycles. The first-order chi connectivity index (χ1) is 21.0. The van der Waals surface area contributed by atoms with E-state index < -0.39 is 27.9 Å². The number of aromatic nitrogens is 4. The number of morpholine rings is 1. The van der Waals surface area contributed by atoms with E-state index in [2.05, 4.69) is 20.6 Å². The first-order valence-corrected chi connectivity index (χ1v) is 15.7. The molecule has 15 heteroatoms. The van der Waals surface area contributed by atoms with Crippen molar-refractivity contribution >= 4 is 55.7 Å². The van der Waals surface area contributed by atoms with Crippen LogP contribution in [0.3, 0.4) is 0 Å². The van der Waals surface area contributed by atoms with E-state index in [9.17, 15) is 27.9 Å². The Kier molecular flexibility index (Phi) is 7.88. The number of ether oxygens (including phenoxy) is 1. The summed E-state index contributed by atoms with van der Waals surface area (Å²) in [6, 6.07) is 8.83. The van der Waals surface area contributed by atoms with E-state index in [-0.39, 0.29) is 53.6 Å². The first kappa shape index (κ1) is 29.7. The molecule has 4 heterocycles. The molecule has 2 aliphatic heterocycles. The Hall–Kier alpha value is -4.31. The quantitative estimate of drug-likeness (QED) is 0.228. The van der Waals surface area contributed by atoms with Crippen molar-refractivity contribution in [1.82, 2.24) is 28.7 Å². The molecule has 4 aromatic rings. The van der Waals surface area contributed by atoms with Crippen molar-refractivity contribution < 1.29 is 27.9 Å². The van der Waals surface area contributed by atoms with Crippen molar-refractivity contribution in [3.63, 3.8) is 0 Å². The van der Waals surface area contributed by atoms with Crippen molar-refractivity contribution in [3.05, 3.63) is 58.4 Å². The minimum atomic E-state index is -3.68.